The zero-order chi connectivity index (χ0) is 14.9. The molecule has 0 bridgehead atoms. The van der Waals surface area contributed by atoms with Crippen LogP contribution in [0.4, 0.5) is 4.39 Å². The smallest absolute Gasteiger partial charge is 0.123 e. The second-order valence-electron chi connectivity index (χ2n) is 6.67. The number of likely N-dealkylation sites (N-methyl/N-ethyl adjacent to an activating group) is 1. The van der Waals surface area contributed by atoms with Crippen LogP contribution in [0.25, 0.3) is 0 Å². The van der Waals surface area contributed by atoms with E-state index in [9.17, 15) is 9.50 Å². The van der Waals surface area contributed by atoms with Gasteiger partial charge in [0.05, 0.1) is 5.60 Å². The predicted molar refractivity (Wildman–Crippen MR) is 81.9 cm³/mol. The molecule has 1 N–H and O–H groups in total. The van der Waals surface area contributed by atoms with Crippen molar-refractivity contribution < 1.29 is 9.50 Å². The van der Waals surface area contributed by atoms with Crippen LogP contribution in [0.5, 0.6) is 0 Å². The molecular formula is C17H25FN2O. The first-order valence-corrected chi connectivity index (χ1v) is 7.96. The Hall–Kier alpha value is -0.970. The Morgan fingerprint density at radius 3 is 2.29 bits per heavy atom. The number of hydrogen-bond donors (Lipinski definition) is 1. The van der Waals surface area contributed by atoms with Crippen LogP contribution >= 0.6 is 0 Å². The van der Waals surface area contributed by atoms with Crippen molar-refractivity contribution >= 4 is 0 Å². The lowest BCUT2D eigenvalue weighted by Gasteiger charge is -2.46. The summed E-state index contributed by atoms with van der Waals surface area (Å²) < 4.78 is 13.2. The van der Waals surface area contributed by atoms with Crippen LogP contribution < -0.4 is 0 Å². The van der Waals surface area contributed by atoms with Crippen LogP contribution in [0.15, 0.2) is 24.3 Å². The fraction of sp³-hybridized carbons (Fsp3) is 0.647. The average molecular weight is 292 g/mol. The second-order valence-corrected chi connectivity index (χ2v) is 6.67. The molecule has 2 fully saturated rings. The van der Waals surface area contributed by atoms with Crippen LogP contribution in [0.2, 0.25) is 0 Å². The van der Waals surface area contributed by atoms with E-state index in [0.717, 1.165) is 57.5 Å². The summed E-state index contributed by atoms with van der Waals surface area (Å²) >= 11 is 0. The van der Waals surface area contributed by atoms with Gasteiger partial charge < -0.3 is 14.9 Å². The summed E-state index contributed by atoms with van der Waals surface area (Å²) in [5.74, 6) is -0.118. The maximum Gasteiger partial charge on any atom is 0.123 e. The predicted octanol–water partition coefficient (Wildman–Crippen LogP) is 2.07. The van der Waals surface area contributed by atoms with Crippen molar-refractivity contribution in [3.8, 4) is 0 Å². The van der Waals surface area contributed by atoms with Crippen LogP contribution in [0.1, 0.15) is 30.7 Å². The van der Waals surface area contributed by atoms with Crippen LogP contribution in [0.3, 0.4) is 0 Å². The highest BCUT2D eigenvalue weighted by Crippen LogP contribution is 2.44. The third kappa shape index (κ3) is 3.28. The number of halogens is 1. The first-order valence-electron chi connectivity index (χ1n) is 7.96. The van der Waals surface area contributed by atoms with Gasteiger partial charge in [-0.3, -0.25) is 0 Å². The molecule has 1 aliphatic heterocycles. The SMILES string of the molecule is CN1CCN(CC(c2ccc(F)cc2)C2(O)CCC2)CC1. The minimum absolute atomic E-state index is 0.0928. The summed E-state index contributed by atoms with van der Waals surface area (Å²) in [6.45, 7) is 5.12. The quantitative estimate of drug-likeness (QED) is 0.920. The Labute approximate surface area is 126 Å². The number of rotatable bonds is 4. The molecule has 1 saturated carbocycles. The number of benzene rings is 1. The molecule has 21 heavy (non-hydrogen) atoms. The first-order chi connectivity index (χ1) is 10.1. The van der Waals surface area contributed by atoms with E-state index in [0.29, 0.717) is 0 Å². The molecule has 1 aromatic rings. The zero-order valence-corrected chi connectivity index (χ0v) is 12.8. The minimum atomic E-state index is -0.596. The van der Waals surface area contributed by atoms with Gasteiger partial charge in [-0.05, 0) is 44.0 Å². The molecule has 1 heterocycles. The highest BCUT2D eigenvalue weighted by molar-refractivity contribution is 5.25. The Kier molecular flexibility index (Phi) is 4.29. The average Bonchev–Trinajstić information content (AvgIpc) is 2.45. The molecule has 4 heteroatoms. The van der Waals surface area contributed by atoms with E-state index < -0.39 is 5.60 Å². The normalized spacial score (nSPS) is 24.5. The third-order valence-corrected chi connectivity index (χ3v) is 5.18. The lowest BCUT2D eigenvalue weighted by molar-refractivity contribution is -0.0665. The Morgan fingerprint density at radius 1 is 1.14 bits per heavy atom. The fourth-order valence-electron chi connectivity index (χ4n) is 3.46. The Balaban J connectivity index is 1.75. The summed E-state index contributed by atoms with van der Waals surface area (Å²) in [5, 5.41) is 10.8. The molecule has 1 atom stereocenters. The Bertz CT molecular complexity index is 464. The van der Waals surface area contributed by atoms with Crippen molar-refractivity contribution in [1.29, 1.82) is 0 Å². The lowest BCUT2D eigenvalue weighted by Crippen LogP contribution is -2.51. The maximum absolute atomic E-state index is 13.2. The van der Waals surface area contributed by atoms with Gasteiger partial charge in [0.2, 0.25) is 0 Å². The van der Waals surface area contributed by atoms with Gasteiger partial charge in [0.1, 0.15) is 5.82 Å². The van der Waals surface area contributed by atoms with E-state index in [4.69, 9.17) is 0 Å². The van der Waals surface area contributed by atoms with Gasteiger partial charge in [-0.2, -0.15) is 0 Å². The molecule has 1 unspecified atom stereocenters. The summed E-state index contributed by atoms with van der Waals surface area (Å²) in [6.07, 6.45) is 2.82. The molecule has 0 aromatic heterocycles. The van der Waals surface area contributed by atoms with Crippen LogP contribution in [-0.4, -0.2) is 60.3 Å². The van der Waals surface area contributed by atoms with E-state index in [1.165, 1.54) is 12.1 Å². The van der Waals surface area contributed by atoms with Gasteiger partial charge in [-0.25, -0.2) is 4.39 Å². The standard InChI is InChI=1S/C17H25FN2O/c1-19-9-11-20(12-10-19)13-16(17(21)7-2-8-17)14-3-5-15(18)6-4-14/h3-6,16,21H,2,7-13H2,1H3. The number of nitrogens with zero attached hydrogens (tertiary/aromatic N) is 2. The van der Waals surface area contributed by atoms with Gasteiger partial charge >= 0.3 is 0 Å². The number of hydrogen-bond acceptors (Lipinski definition) is 3. The first kappa shape index (κ1) is 14.9. The van der Waals surface area contributed by atoms with Gasteiger partial charge in [0, 0.05) is 38.6 Å². The largest absolute Gasteiger partial charge is 0.389 e. The molecule has 1 aromatic carbocycles. The summed E-state index contributed by atoms with van der Waals surface area (Å²) in [4.78, 5) is 4.77. The molecular weight excluding hydrogens is 267 g/mol. The molecule has 1 aliphatic carbocycles. The molecule has 0 spiro atoms. The maximum atomic E-state index is 13.2. The molecule has 3 rings (SSSR count). The number of piperazine rings is 1. The summed E-state index contributed by atoms with van der Waals surface area (Å²) in [5.41, 5.74) is 0.471. The number of aliphatic hydroxyl groups is 1. The van der Waals surface area contributed by atoms with Gasteiger partial charge in [0.15, 0.2) is 0 Å². The van der Waals surface area contributed by atoms with E-state index in [1.54, 1.807) is 0 Å². The minimum Gasteiger partial charge on any atom is -0.389 e. The monoisotopic (exact) mass is 292 g/mol. The molecule has 2 aliphatic rings. The highest BCUT2D eigenvalue weighted by Gasteiger charge is 2.43. The van der Waals surface area contributed by atoms with Crippen LogP contribution in [0, 0.1) is 5.82 Å². The van der Waals surface area contributed by atoms with Crippen molar-refractivity contribution in [3.63, 3.8) is 0 Å². The second kappa shape index (κ2) is 6.03. The molecule has 0 amide bonds. The van der Waals surface area contributed by atoms with Crippen molar-refractivity contribution in [3.05, 3.63) is 35.6 Å². The van der Waals surface area contributed by atoms with E-state index in [2.05, 4.69) is 16.8 Å². The molecule has 116 valence electrons. The van der Waals surface area contributed by atoms with E-state index in [1.807, 2.05) is 12.1 Å². The zero-order valence-electron chi connectivity index (χ0n) is 12.8. The summed E-state index contributed by atoms with van der Waals surface area (Å²) in [6, 6.07) is 6.70. The van der Waals surface area contributed by atoms with Gasteiger partial charge in [-0.15, -0.1) is 0 Å². The lowest BCUT2D eigenvalue weighted by atomic mass is 9.68. The topological polar surface area (TPSA) is 26.7 Å². The van der Waals surface area contributed by atoms with Crippen molar-refractivity contribution in [2.24, 2.45) is 0 Å². The molecule has 1 saturated heterocycles. The van der Waals surface area contributed by atoms with Gasteiger partial charge in [0.25, 0.3) is 0 Å². The van der Waals surface area contributed by atoms with E-state index >= 15 is 0 Å². The summed E-state index contributed by atoms with van der Waals surface area (Å²) in [7, 11) is 2.15. The third-order valence-electron chi connectivity index (χ3n) is 5.18. The Morgan fingerprint density at radius 2 is 1.76 bits per heavy atom. The fourth-order valence-corrected chi connectivity index (χ4v) is 3.46. The highest BCUT2D eigenvalue weighted by atomic mass is 19.1. The van der Waals surface area contributed by atoms with E-state index in [-0.39, 0.29) is 11.7 Å². The van der Waals surface area contributed by atoms with Crippen molar-refractivity contribution in [1.82, 2.24) is 9.80 Å². The van der Waals surface area contributed by atoms with Gasteiger partial charge in [-0.1, -0.05) is 12.1 Å². The van der Waals surface area contributed by atoms with Crippen LogP contribution in [-0.2, 0) is 0 Å². The molecule has 0 radical (unpaired) electrons. The van der Waals surface area contributed by atoms with Crippen molar-refractivity contribution in [2.75, 3.05) is 39.8 Å². The molecule has 3 nitrogen and oxygen atoms in total. The van der Waals surface area contributed by atoms with Crippen molar-refractivity contribution in [2.45, 2.75) is 30.8 Å².